The Morgan fingerprint density at radius 1 is 1.11 bits per heavy atom. The average molecular weight is 369 g/mol. The summed E-state index contributed by atoms with van der Waals surface area (Å²) in [6.07, 6.45) is 2.72. The van der Waals surface area contributed by atoms with Crippen LogP contribution >= 0.6 is 0 Å². The minimum absolute atomic E-state index is 0.0210. The first-order valence-electron chi connectivity index (χ1n) is 9.35. The van der Waals surface area contributed by atoms with Crippen LogP contribution in [0.5, 0.6) is 11.5 Å². The number of amides is 1. The molecule has 1 aromatic carbocycles. The molecule has 1 aliphatic rings. The first-order valence-corrected chi connectivity index (χ1v) is 9.35. The molecule has 0 saturated heterocycles. The Kier molecular flexibility index (Phi) is 5.84. The minimum Gasteiger partial charge on any atom is -0.493 e. The summed E-state index contributed by atoms with van der Waals surface area (Å²) in [5.74, 6) is 1.49. The van der Waals surface area contributed by atoms with Crippen molar-refractivity contribution in [3.8, 4) is 11.5 Å². The lowest BCUT2D eigenvalue weighted by Gasteiger charge is -2.31. The maximum absolute atomic E-state index is 12.4. The van der Waals surface area contributed by atoms with Crippen molar-refractivity contribution in [1.82, 2.24) is 9.88 Å². The summed E-state index contributed by atoms with van der Waals surface area (Å²) >= 11 is 0. The number of hydrogen-bond donors (Lipinski definition) is 0. The lowest BCUT2D eigenvalue weighted by molar-refractivity contribution is 0.0767. The highest BCUT2D eigenvalue weighted by atomic mass is 16.5. The van der Waals surface area contributed by atoms with Gasteiger partial charge in [0.2, 0.25) is 0 Å². The normalized spacial score (nSPS) is 13.1. The van der Waals surface area contributed by atoms with Crippen LogP contribution in [-0.2, 0) is 13.0 Å². The molecule has 27 heavy (non-hydrogen) atoms. The van der Waals surface area contributed by atoms with Gasteiger partial charge in [0.05, 0.1) is 26.1 Å². The van der Waals surface area contributed by atoms with E-state index in [1.165, 1.54) is 11.1 Å². The van der Waals surface area contributed by atoms with Crippen molar-refractivity contribution in [2.45, 2.75) is 26.8 Å². The van der Waals surface area contributed by atoms with E-state index >= 15 is 0 Å². The fourth-order valence-electron chi connectivity index (χ4n) is 3.48. The van der Waals surface area contributed by atoms with Crippen molar-refractivity contribution in [2.24, 2.45) is 0 Å². The highest BCUT2D eigenvalue weighted by Crippen LogP contribution is 2.34. The predicted octanol–water partition coefficient (Wildman–Crippen LogP) is 3.14. The Labute approximate surface area is 160 Å². The molecule has 0 spiro atoms. The number of carbonyl (C=O) groups is 1. The molecule has 6 nitrogen and oxygen atoms in total. The van der Waals surface area contributed by atoms with Crippen molar-refractivity contribution in [3.63, 3.8) is 0 Å². The molecule has 0 aliphatic carbocycles. The summed E-state index contributed by atoms with van der Waals surface area (Å²) < 4.78 is 10.8. The third kappa shape index (κ3) is 3.84. The number of rotatable bonds is 6. The maximum Gasteiger partial charge on any atom is 0.272 e. The molecular formula is C21H27N3O3. The second-order valence-electron chi connectivity index (χ2n) is 6.53. The molecule has 2 aromatic rings. The molecule has 0 saturated carbocycles. The number of methoxy groups -OCH3 is 2. The third-order valence-electron chi connectivity index (χ3n) is 5.10. The predicted molar refractivity (Wildman–Crippen MR) is 106 cm³/mol. The number of anilines is 1. The van der Waals surface area contributed by atoms with Gasteiger partial charge in [-0.15, -0.1) is 0 Å². The van der Waals surface area contributed by atoms with Crippen molar-refractivity contribution in [2.75, 3.05) is 38.8 Å². The van der Waals surface area contributed by atoms with Gasteiger partial charge in [0.1, 0.15) is 5.69 Å². The molecule has 0 unspecified atom stereocenters. The molecular weight excluding hydrogens is 342 g/mol. The molecule has 6 heteroatoms. The van der Waals surface area contributed by atoms with E-state index in [9.17, 15) is 4.79 Å². The lowest BCUT2D eigenvalue weighted by atomic mass is 9.98. The van der Waals surface area contributed by atoms with Crippen LogP contribution < -0.4 is 14.4 Å². The van der Waals surface area contributed by atoms with Crippen LogP contribution in [0, 0.1) is 0 Å². The van der Waals surface area contributed by atoms with E-state index in [4.69, 9.17) is 9.47 Å². The van der Waals surface area contributed by atoms with Crippen molar-refractivity contribution in [1.29, 1.82) is 0 Å². The Morgan fingerprint density at radius 2 is 1.78 bits per heavy atom. The molecule has 0 bridgehead atoms. The van der Waals surface area contributed by atoms with Crippen LogP contribution in [0.25, 0.3) is 0 Å². The first kappa shape index (κ1) is 19.0. The molecule has 3 rings (SSSR count). The van der Waals surface area contributed by atoms with Crippen LogP contribution in [0.4, 0.5) is 5.69 Å². The quantitative estimate of drug-likeness (QED) is 0.783. The smallest absolute Gasteiger partial charge is 0.272 e. The number of hydrogen-bond acceptors (Lipinski definition) is 5. The molecule has 0 atom stereocenters. The van der Waals surface area contributed by atoms with E-state index in [0.29, 0.717) is 18.8 Å². The second-order valence-corrected chi connectivity index (χ2v) is 6.53. The Morgan fingerprint density at radius 3 is 2.33 bits per heavy atom. The van der Waals surface area contributed by atoms with Crippen molar-refractivity contribution >= 4 is 11.6 Å². The van der Waals surface area contributed by atoms with E-state index in [2.05, 4.69) is 16.0 Å². The Balaban J connectivity index is 1.78. The molecule has 0 fully saturated rings. The van der Waals surface area contributed by atoms with Gasteiger partial charge in [-0.1, -0.05) is 0 Å². The summed E-state index contributed by atoms with van der Waals surface area (Å²) in [7, 11) is 3.31. The summed E-state index contributed by atoms with van der Waals surface area (Å²) in [5.41, 5.74) is 4.02. The fraction of sp³-hybridized carbons (Fsp3) is 0.429. The third-order valence-corrected chi connectivity index (χ3v) is 5.10. The zero-order valence-corrected chi connectivity index (χ0v) is 16.5. The molecule has 0 N–H and O–H groups in total. The molecule has 0 radical (unpaired) electrons. The largest absolute Gasteiger partial charge is 0.493 e. The summed E-state index contributed by atoms with van der Waals surface area (Å²) in [5, 5.41) is 0. The van der Waals surface area contributed by atoms with E-state index in [0.717, 1.165) is 36.7 Å². The van der Waals surface area contributed by atoms with E-state index < -0.39 is 0 Å². The summed E-state index contributed by atoms with van der Waals surface area (Å²) in [6, 6.07) is 7.91. The van der Waals surface area contributed by atoms with E-state index in [1.807, 2.05) is 32.0 Å². The van der Waals surface area contributed by atoms with E-state index in [-0.39, 0.29) is 5.91 Å². The minimum atomic E-state index is -0.0210. The van der Waals surface area contributed by atoms with Crippen LogP contribution in [0.15, 0.2) is 30.5 Å². The Hall–Kier alpha value is -2.76. The highest BCUT2D eigenvalue weighted by Gasteiger charge is 2.21. The number of ether oxygens (including phenoxy) is 2. The van der Waals surface area contributed by atoms with Gasteiger partial charge in [-0.05, 0) is 55.7 Å². The molecule has 2 heterocycles. The van der Waals surface area contributed by atoms with Gasteiger partial charge in [-0.2, -0.15) is 0 Å². The topological polar surface area (TPSA) is 54.9 Å². The number of fused-ring (bicyclic) bond motifs is 1. The van der Waals surface area contributed by atoms with Gasteiger partial charge in [-0.3, -0.25) is 4.79 Å². The molecule has 1 amide bonds. The molecule has 144 valence electrons. The van der Waals surface area contributed by atoms with Crippen LogP contribution in [0.3, 0.4) is 0 Å². The SMILES string of the molecule is CCN(CC)C(=O)c1ccc(N2CCc3cc(OC)c(OC)cc3C2)cn1. The number of benzene rings is 1. The van der Waals surface area contributed by atoms with Crippen molar-refractivity contribution in [3.05, 3.63) is 47.3 Å². The van der Waals surface area contributed by atoms with Crippen LogP contribution in [0.2, 0.25) is 0 Å². The molecule has 1 aliphatic heterocycles. The van der Waals surface area contributed by atoms with E-state index in [1.54, 1.807) is 25.3 Å². The zero-order chi connectivity index (χ0) is 19.4. The monoisotopic (exact) mass is 369 g/mol. The van der Waals surface area contributed by atoms with Gasteiger partial charge >= 0.3 is 0 Å². The number of carbonyl (C=O) groups excluding carboxylic acids is 1. The summed E-state index contributed by atoms with van der Waals surface area (Å²) in [4.78, 5) is 20.9. The van der Waals surface area contributed by atoms with Crippen LogP contribution in [0.1, 0.15) is 35.5 Å². The van der Waals surface area contributed by atoms with Gasteiger partial charge in [0.15, 0.2) is 11.5 Å². The number of aromatic nitrogens is 1. The number of pyridine rings is 1. The van der Waals surface area contributed by atoms with Crippen LogP contribution in [-0.4, -0.2) is 49.6 Å². The van der Waals surface area contributed by atoms with Gasteiger partial charge in [0.25, 0.3) is 5.91 Å². The van der Waals surface area contributed by atoms with Gasteiger partial charge in [-0.25, -0.2) is 4.98 Å². The first-order chi connectivity index (χ1) is 13.1. The fourth-order valence-corrected chi connectivity index (χ4v) is 3.48. The second kappa shape index (κ2) is 8.29. The van der Waals surface area contributed by atoms with Crippen molar-refractivity contribution < 1.29 is 14.3 Å². The lowest BCUT2D eigenvalue weighted by Crippen LogP contribution is -2.32. The maximum atomic E-state index is 12.4. The molecule has 1 aromatic heterocycles. The van der Waals surface area contributed by atoms with Gasteiger partial charge in [0, 0.05) is 26.2 Å². The Bertz CT molecular complexity index is 801. The zero-order valence-electron chi connectivity index (χ0n) is 16.5. The van der Waals surface area contributed by atoms with Gasteiger partial charge < -0.3 is 19.3 Å². The summed E-state index contributed by atoms with van der Waals surface area (Å²) in [6.45, 7) is 7.00. The number of nitrogens with zero attached hydrogens (tertiary/aromatic N) is 3. The average Bonchev–Trinajstić information content (AvgIpc) is 2.73. The standard InChI is InChI=1S/C21H27N3O3/c1-5-23(6-2)21(25)18-8-7-17(13-22-18)24-10-9-15-11-19(26-3)20(27-4)12-16(15)14-24/h7-8,11-13H,5-6,9-10,14H2,1-4H3. The highest BCUT2D eigenvalue weighted by molar-refractivity contribution is 5.92.